The molecule has 0 bridgehead atoms. The van der Waals surface area contributed by atoms with Gasteiger partial charge in [-0.25, -0.2) is 0 Å². The average molecular weight is 377 g/mol. The molecule has 0 spiro atoms. The Morgan fingerprint density at radius 1 is 0.846 bits per heavy atom. The van der Waals surface area contributed by atoms with Gasteiger partial charge in [0, 0.05) is 20.3 Å². The van der Waals surface area contributed by atoms with Crippen LogP contribution in [0.25, 0.3) is 0 Å². The Morgan fingerprint density at radius 2 is 1.46 bits per heavy atom. The summed E-state index contributed by atoms with van der Waals surface area (Å²) in [6, 6.07) is 30.9. The summed E-state index contributed by atoms with van der Waals surface area (Å²) in [5, 5.41) is 0.905. The minimum atomic E-state index is 0.181. The number of benzene rings is 3. The minimum Gasteiger partial charge on any atom is -0.117 e. The minimum absolute atomic E-state index is 0.181. The average Bonchev–Trinajstić information content (AvgIpc) is 2.71. The number of fused-ring (bicyclic) bond motifs is 1. The summed E-state index contributed by atoms with van der Waals surface area (Å²) in [5.41, 5.74) is 3.11. The molecule has 3 aromatic carbocycles. The number of rotatable bonds is 4. The molecule has 0 radical (unpaired) electrons. The van der Waals surface area contributed by atoms with Gasteiger partial charge in [-0.05, 0) is 41.2 Å². The van der Waals surface area contributed by atoms with Crippen LogP contribution in [0.1, 0.15) is 41.9 Å². The van der Waals surface area contributed by atoms with Gasteiger partial charge >= 0.3 is 0 Å². The summed E-state index contributed by atoms with van der Waals surface area (Å²) in [6.07, 6.45) is 1.15. The zero-order chi connectivity index (χ0) is 18.0. The molecule has 132 valence electrons. The summed E-state index contributed by atoms with van der Waals surface area (Å²) in [5.74, 6) is 0. The van der Waals surface area contributed by atoms with Crippen molar-refractivity contribution in [1.29, 1.82) is 0 Å². The highest BCUT2D eigenvalue weighted by Crippen LogP contribution is 2.65. The lowest BCUT2D eigenvalue weighted by Gasteiger charge is -2.47. The molecule has 0 unspecified atom stereocenters. The molecular formula is C24H24S2. The van der Waals surface area contributed by atoms with Crippen LogP contribution in [-0.2, 0) is 0 Å². The van der Waals surface area contributed by atoms with Crippen LogP contribution in [-0.4, -0.2) is 0 Å². The van der Waals surface area contributed by atoms with Crippen LogP contribution in [0.4, 0.5) is 0 Å². The molecule has 1 aliphatic rings. The summed E-state index contributed by atoms with van der Waals surface area (Å²) in [6.45, 7) is 4.83. The van der Waals surface area contributed by atoms with E-state index in [0.29, 0.717) is 10.5 Å². The fourth-order valence-corrected chi connectivity index (χ4v) is 7.09. The Kier molecular flexibility index (Phi) is 5.15. The Morgan fingerprint density at radius 3 is 2.15 bits per heavy atom. The first-order valence-electron chi connectivity index (χ1n) is 9.24. The maximum absolute atomic E-state index is 2.48. The molecule has 0 nitrogen and oxygen atoms in total. The highest BCUT2D eigenvalue weighted by Gasteiger charge is 2.46. The number of hydrogen-bond acceptors (Lipinski definition) is 2. The fourth-order valence-electron chi connectivity index (χ4n) is 3.84. The molecule has 0 aromatic heterocycles. The Balaban J connectivity index is 1.83. The van der Waals surface area contributed by atoms with Crippen LogP contribution in [0.15, 0.2) is 94.7 Å². The highest BCUT2D eigenvalue weighted by molar-refractivity contribution is 8.01. The van der Waals surface area contributed by atoms with Gasteiger partial charge in [-0.15, -0.1) is 23.5 Å². The molecular weight excluding hydrogens is 352 g/mol. The van der Waals surface area contributed by atoms with E-state index >= 15 is 0 Å². The molecule has 1 aliphatic heterocycles. The van der Waals surface area contributed by atoms with E-state index in [9.17, 15) is 0 Å². The van der Waals surface area contributed by atoms with Crippen molar-refractivity contribution < 1.29 is 0 Å². The largest absolute Gasteiger partial charge is 0.117 e. The van der Waals surface area contributed by atoms with Gasteiger partial charge in [0.25, 0.3) is 0 Å². The topological polar surface area (TPSA) is 0 Å². The quantitative estimate of drug-likeness (QED) is 0.456. The third-order valence-electron chi connectivity index (χ3n) is 5.51. The smallest absolute Gasteiger partial charge is 0.0423 e. The van der Waals surface area contributed by atoms with Crippen molar-refractivity contribution >= 4 is 23.5 Å². The molecule has 3 atom stereocenters. The third-order valence-corrected chi connectivity index (χ3v) is 8.75. The van der Waals surface area contributed by atoms with Gasteiger partial charge in [0.2, 0.25) is 0 Å². The molecule has 0 fully saturated rings. The molecule has 3 aromatic rings. The van der Waals surface area contributed by atoms with E-state index in [0.717, 1.165) is 6.42 Å². The van der Waals surface area contributed by atoms with E-state index in [1.807, 2.05) is 23.5 Å². The van der Waals surface area contributed by atoms with Gasteiger partial charge in [0.1, 0.15) is 0 Å². The van der Waals surface area contributed by atoms with Crippen molar-refractivity contribution in [2.75, 3.05) is 0 Å². The zero-order valence-electron chi connectivity index (χ0n) is 15.3. The summed E-state index contributed by atoms with van der Waals surface area (Å²) < 4.78 is 0. The first kappa shape index (κ1) is 17.8. The fraction of sp³-hybridized carbons (Fsp3) is 0.250. The standard InChI is InChI=1S/C24H24S2/c1-3-24(2)22(18-12-6-4-7-13-18)26-21-17-11-10-16-20(21)23(24)25-19-14-8-5-9-15-19/h4-17,22-23H,3H2,1-2H3/t22-,23+,24-/m1/s1. The van der Waals surface area contributed by atoms with Crippen LogP contribution >= 0.6 is 23.5 Å². The van der Waals surface area contributed by atoms with Gasteiger partial charge in [-0.2, -0.15) is 0 Å². The second-order valence-electron chi connectivity index (χ2n) is 7.12. The highest BCUT2D eigenvalue weighted by atomic mass is 32.2. The van der Waals surface area contributed by atoms with Gasteiger partial charge in [-0.1, -0.05) is 80.6 Å². The number of thioether (sulfide) groups is 2. The van der Waals surface area contributed by atoms with Gasteiger partial charge in [0.15, 0.2) is 0 Å². The van der Waals surface area contributed by atoms with Crippen molar-refractivity contribution in [2.45, 2.75) is 40.6 Å². The van der Waals surface area contributed by atoms with E-state index in [1.54, 1.807) is 0 Å². The van der Waals surface area contributed by atoms with Gasteiger partial charge < -0.3 is 0 Å². The van der Waals surface area contributed by atoms with Crippen molar-refractivity contribution in [3.05, 3.63) is 96.1 Å². The van der Waals surface area contributed by atoms with E-state index in [4.69, 9.17) is 0 Å². The summed E-state index contributed by atoms with van der Waals surface area (Å²) >= 11 is 4.07. The molecule has 4 rings (SSSR count). The van der Waals surface area contributed by atoms with Crippen LogP contribution in [0.3, 0.4) is 0 Å². The molecule has 26 heavy (non-hydrogen) atoms. The van der Waals surface area contributed by atoms with E-state index in [1.165, 1.54) is 20.9 Å². The van der Waals surface area contributed by atoms with Gasteiger partial charge in [0.05, 0.1) is 0 Å². The Labute approximate surface area is 165 Å². The Hall–Kier alpha value is -1.64. The first-order valence-corrected chi connectivity index (χ1v) is 11.0. The van der Waals surface area contributed by atoms with Crippen LogP contribution in [0, 0.1) is 5.41 Å². The third kappa shape index (κ3) is 3.21. The molecule has 0 N–H and O–H groups in total. The lowest BCUT2D eigenvalue weighted by Crippen LogP contribution is -2.32. The normalized spacial score (nSPS) is 24.8. The van der Waals surface area contributed by atoms with E-state index in [-0.39, 0.29) is 5.41 Å². The second-order valence-corrected chi connectivity index (χ2v) is 9.44. The predicted octanol–water partition coefficient (Wildman–Crippen LogP) is 7.78. The van der Waals surface area contributed by atoms with Crippen molar-refractivity contribution in [3.8, 4) is 0 Å². The zero-order valence-corrected chi connectivity index (χ0v) is 16.9. The second kappa shape index (κ2) is 7.54. The maximum atomic E-state index is 2.48. The van der Waals surface area contributed by atoms with Crippen molar-refractivity contribution in [2.24, 2.45) is 5.41 Å². The van der Waals surface area contributed by atoms with Gasteiger partial charge in [-0.3, -0.25) is 0 Å². The molecule has 0 saturated heterocycles. The summed E-state index contributed by atoms with van der Waals surface area (Å²) in [7, 11) is 0. The molecule has 2 heteroatoms. The lowest BCUT2D eigenvalue weighted by atomic mass is 9.74. The molecule has 0 saturated carbocycles. The van der Waals surface area contributed by atoms with E-state index < -0.39 is 0 Å². The van der Waals surface area contributed by atoms with Crippen molar-refractivity contribution in [1.82, 2.24) is 0 Å². The van der Waals surface area contributed by atoms with E-state index in [2.05, 4.69) is 98.8 Å². The predicted molar refractivity (Wildman–Crippen MR) is 115 cm³/mol. The SMILES string of the molecule is CC[C@]1(C)[C@@H](c2ccccc2)Sc2ccccc2[C@@H]1Sc1ccccc1. The monoisotopic (exact) mass is 376 g/mol. The lowest BCUT2D eigenvalue weighted by molar-refractivity contribution is 0.284. The Bertz CT molecular complexity index is 860. The van der Waals surface area contributed by atoms with Crippen molar-refractivity contribution in [3.63, 3.8) is 0 Å². The van der Waals surface area contributed by atoms with Crippen LogP contribution in [0.5, 0.6) is 0 Å². The molecule has 1 heterocycles. The molecule has 0 amide bonds. The maximum Gasteiger partial charge on any atom is 0.0423 e. The number of hydrogen-bond donors (Lipinski definition) is 0. The van der Waals surface area contributed by atoms with Crippen LogP contribution < -0.4 is 0 Å². The summed E-state index contributed by atoms with van der Waals surface area (Å²) in [4.78, 5) is 2.78. The molecule has 0 aliphatic carbocycles. The van der Waals surface area contributed by atoms with Crippen LogP contribution in [0.2, 0.25) is 0 Å². The first-order chi connectivity index (χ1) is 12.7.